The molecular formula is C31H36F6N4O3. The molecule has 240 valence electrons. The number of rotatable bonds is 3. The van der Waals surface area contributed by atoms with Crippen molar-refractivity contribution in [1.82, 2.24) is 9.97 Å². The van der Waals surface area contributed by atoms with Gasteiger partial charge in [0.2, 0.25) is 0 Å². The highest BCUT2D eigenvalue weighted by molar-refractivity contribution is 6.04. The summed E-state index contributed by atoms with van der Waals surface area (Å²) in [4.78, 5) is 29.9. The van der Waals surface area contributed by atoms with Crippen LogP contribution in [0.2, 0.25) is 0 Å². The maximum atomic E-state index is 12.5. The minimum absolute atomic E-state index is 0. The molecule has 0 aliphatic rings. The molecule has 2 aromatic carbocycles. The average Bonchev–Trinajstić information content (AvgIpc) is 2.89. The van der Waals surface area contributed by atoms with Gasteiger partial charge in [0.15, 0.2) is 0 Å². The van der Waals surface area contributed by atoms with Gasteiger partial charge in [-0.3, -0.25) is 14.8 Å². The molecule has 2 aromatic heterocycles. The zero-order valence-electron chi connectivity index (χ0n) is 21.6. The molecule has 0 unspecified atom stereocenters. The Hall–Kier alpha value is -4.94. The third kappa shape index (κ3) is 13.8. The van der Waals surface area contributed by atoms with E-state index in [2.05, 4.69) is 15.3 Å². The van der Waals surface area contributed by atoms with Crippen molar-refractivity contribution in [3.8, 4) is 0 Å². The zero-order chi connectivity index (χ0) is 30.8. The van der Waals surface area contributed by atoms with Crippen molar-refractivity contribution in [3.05, 3.63) is 119 Å². The van der Waals surface area contributed by atoms with Gasteiger partial charge in [-0.2, -0.15) is 26.3 Å². The number of alkyl halides is 6. The number of benzene rings is 2. The summed E-state index contributed by atoms with van der Waals surface area (Å²) in [6.45, 7) is 3.58. The second kappa shape index (κ2) is 17.9. The molecule has 0 radical (unpaired) electrons. The van der Waals surface area contributed by atoms with Gasteiger partial charge >= 0.3 is 18.3 Å². The van der Waals surface area contributed by atoms with E-state index in [1.165, 1.54) is 42.7 Å². The molecule has 13 heteroatoms. The van der Waals surface area contributed by atoms with Crippen LogP contribution in [0.25, 0.3) is 0 Å². The number of anilines is 2. The number of hydrogen-bond acceptors (Lipinski definition) is 5. The van der Waals surface area contributed by atoms with Crippen LogP contribution in [0.3, 0.4) is 0 Å². The number of carboxylic acid groups (broad SMARTS) is 1. The fourth-order valence-corrected chi connectivity index (χ4v) is 2.89. The standard InChI is InChI=1S/C14H11F3N2O.C7H6F3N.C7H7NO2.3CH4/c1-9-5-6-10(8-18-9)13(20)19-12-4-2-3-11(7-12)14(15,16)17;8-7(9,10)5-2-1-3-6(11)4-5;1-5-2-3-6(4-8-5)7(9)10;;;/h2-8H,1H3,(H,19,20);1-4H,11H2;2-4H,1H3,(H,9,10);3*1H4. The molecule has 2 heterocycles. The highest BCUT2D eigenvalue weighted by atomic mass is 19.4. The largest absolute Gasteiger partial charge is 0.478 e. The van der Waals surface area contributed by atoms with Crippen LogP contribution in [0.15, 0.2) is 85.2 Å². The number of amides is 1. The van der Waals surface area contributed by atoms with E-state index >= 15 is 0 Å². The van der Waals surface area contributed by atoms with Crippen molar-refractivity contribution in [1.29, 1.82) is 0 Å². The van der Waals surface area contributed by atoms with Gasteiger partial charge in [0.25, 0.3) is 5.91 Å². The summed E-state index contributed by atoms with van der Waals surface area (Å²) in [5, 5.41) is 10.8. The first-order valence-electron chi connectivity index (χ1n) is 11.6. The van der Waals surface area contributed by atoms with Gasteiger partial charge in [0.1, 0.15) is 0 Å². The van der Waals surface area contributed by atoms with Crippen molar-refractivity contribution in [3.63, 3.8) is 0 Å². The Labute approximate surface area is 252 Å². The predicted molar refractivity (Wildman–Crippen MR) is 160 cm³/mol. The van der Waals surface area contributed by atoms with Crippen molar-refractivity contribution in [2.24, 2.45) is 0 Å². The molecule has 4 N–H and O–H groups in total. The summed E-state index contributed by atoms with van der Waals surface area (Å²) in [6, 6.07) is 15.5. The van der Waals surface area contributed by atoms with Gasteiger partial charge in [0, 0.05) is 35.2 Å². The lowest BCUT2D eigenvalue weighted by atomic mass is 10.2. The fourth-order valence-electron chi connectivity index (χ4n) is 2.89. The van der Waals surface area contributed by atoms with Crippen LogP contribution in [-0.4, -0.2) is 27.0 Å². The number of hydrogen-bond donors (Lipinski definition) is 3. The van der Waals surface area contributed by atoms with Gasteiger partial charge < -0.3 is 16.2 Å². The number of aryl methyl sites for hydroxylation is 2. The molecule has 0 saturated carbocycles. The first-order valence-corrected chi connectivity index (χ1v) is 11.6. The number of halogens is 6. The minimum atomic E-state index is -4.44. The number of nitrogens with zero attached hydrogens (tertiary/aromatic N) is 2. The number of aromatic nitrogens is 2. The quantitative estimate of drug-likeness (QED) is 0.154. The summed E-state index contributed by atoms with van der Waals surface area (Å²) >= 11 is 0. The summed E-state index contributed by atoms with van der Waals surface area (Å²) < 4.78 is 73.4. The lowest BCUT2D eigenvalue weighted by Crippen LogP contribution is -2.13. The Morgan fingerprint density at radius 1 is 0.705 bits per heavy atom. The topological polar surface area (TPSA) is 118 Å². The third-order valence-corrected chi connectivity index (χ3v) is 4.99. The van der Waals surface area contributed by atoms with Crippen LogP contribution in [-0.2, 0) is 12.4 Å². The van der Waals surface area contributed by atoms with E-state index in [0.29, 0.717) is 0 Å². The first-order chi connectivity index (χ1) is 19.1. The minimum Gasteiger partial charge on any atom is -0.478 e. The van der Waals surface area contributed by atoms with E-state index in [1.807, 2.05) is 6.92 Å². The molecule has 4 aromatic rings. The van der Waals surface area contributed by atoms with Crippen LogP contribution in [0, 0.1) is 13.8 Å². The Kier molecular flexibility index (Phi) is 16.7. The molecule has 7 nitrogen and oxygen atoms in total. The zero-order valence-corrected chi connectivity index (χ0v) is 21.6. The molecule has 0 atom stereocenters. The lowest BCUT2D eigenvalue weighted by molar-refractivity contribution is -0.138. The third-order valence-electron chi connectivity index (χ3n) is 4.99. The predicted octanol–water partition coefficient (Wildman–Crippen LogP) is 8.95. The van der Waals surface area contributed by atoms with Crippen molar-refractivity contribution < 1.29 is 41.0 Å². The maximum Gasteiger partial charge on any atom is 0.416 e. The second-order valence-corrected chi connectivity index (χ2v) is 8.34. The Balaban J connectivity index is 0. The van der Waals surface area contributed by atoms with E-state index in [4.69, 9.17) is 10.8 Å². The number of carbonyl (C=O) groups excluding carboxylic acids is 1. The van der Waals surface area contributed by atoms with Gasteiger partial charge in [-0.05, 0) is 74.5 Å². The number of aromatic carboxylic acids is 1. The summed E-state index contributed by atoms with van der Waals surface area (Å²) in [5.41, 5.74) is 5.94. The van der Waals surface area contributed by atoms with Crippen LogP contribution in [0.4, 0.5) is 37.7 Å². The molecular weight excluding hydrogens is 590 g/mol. The number of carboxylic acids is 1. The van der Waals surface area contributed by atoms with Gasteiger partial charge in [-0.1, -0.05) is 34.4 Å². The Morgan fingerprint density at radius 3 is 1.55 bits per heavy atom. The van der Waals surface area contributed by atoms with Crippen LogP contribution in [0.1, 0.15) is 65.5 Å². The molecule has 0 saturated heterocycles. The average molecular weight is 627 g/mol. The van der Waals surface area contributed by atoms with E-state index < -0.39 is 35.4 Å². The normalized spacial score (nSPS) is 10.1. The summed E-state index contributed by atoms with van der Waals surface area (Å²) in [7, 11) is 0. The molecule has 0 fully saturated rings. The number of nitrogens with one attached hydrogen (secondary N) is 1. The van der Waals surface area contributed by atoms with E-state index in [0.717, 1.165) is 35.7 Å². The van der Waals surface area contributed by atoms with Crippen LogP contribution >= 0.6 is 0 Å². The summed E-state index contributed by atoms with van der Waals surface area (Å²) in [5.74, 6) is -1.44. The number of nitrogen functional groups attached to an aromatic ring is 1. The van der Waals surface area contributed by atoms with Gasteiger partial charge in [-0.15, -0.1) is 0 Å². The highest BCUT2D eigenvalue weighted by Crippen LogP contribution is 2.31. The number of pyridine rings is 2. The molecule has 44 heavy (non-hydrogen) atoms. The van der Waals surface area contributed by atoms with Crippen LogP contribution < -0.4 is 11.1 Å². The lowest BCUT2D eigenvalue weighted by Gasteiger charge is -2.09. The first kappa shape index (κ1) is 41.2. The SMILES string of the molecule is C.C.C.Cc1ccc(C(=O)Nc2cccc(C(F)(F)F)c2)cn1.Cc1ccc(C(=O)O)cn1.Nc1cccc(C(F)(F)F)c1. The van der Waals surface area contributed by atoms with Gasteiger partial charge in [0.05, 0.1) is 22.3 Å². The molecule has 0 spiro atoms. The van der Waals surface area contributed by atoms with Crippen molar-refractivity contribution in [2.45, 2.75) is 48.5 Å². The molecule has 4 rings (SSSR count). The number of carbonyl (C=O) groups is 2. The smallest absolute Gasteiger partial charge is 0.416 e. The van der Waals surface area contributed by atoms with E-state index in [1.54, 1.807) is 25.1 Å². The summed E-state index contributed by atoms with van der Waals surface area (Å²) in [6.07, 6.45) is -6.02. The monoisotopic (exact) mass is 626 g/mol. The Bertz CT molecular complexity index is 1460. The van der Waals surface area contributed by atoms with Crippen molar-refractivity contribution >= 4 is 23.3 Å². The molecule has 0 aliphatic carbocycles. The molecule has 1 amide bonds. The Morgan fingerprint density at radius 2 is 1.16 bits per heavy atom. The van der Waals surface area contributed by atoms with E-state index in [-0.39, 0.29) is 44.8 Å². The number of nitrogens with two attached hydrogens (primary N) is 1. The maximum absolute atomic E-state index is 12.5. The van der Waals surface area contributed by atoms with Crippen LogP contribution in [0.5, 0.6) is 0 Å². The molecule has 0 bridgehead atoms. The fraction of sp³-hybridized carbons (Fsp3) is 0.226. The second-order valence-electron chi connectivity index (χ2n) is 8.34. The highest BCUT2D eigenvalue weighted by Gasteiger charge is 2.31. The molecule has 0 aliphatic heterocycles. The van der Waals surface area contributed by atoms with Gasteiger partial charge in [-0.25, -0.2) is 4.79 Å². The van der Waals surface area contributed by atoms with E-state index in [9.17, 15) is 35.9 Å². The van der Waals surface area contributed by atoms with Crippen molar-refractivity contribution in [2.75, 3.05) is 11.1 Å².